The Balaban J connectivity index is 1.42. The molecule has 0 atom stereocenters. The lowest BCUT2D eigenvalue weighted by Crippen LogP contribution is -2.18. The molecule has 2 aromatic carbocycles. The summed E-state index contributed by atoms with van der Waals surface area (Å²) in [6.07, 6.45) is 1.66. The van der Waals surface area contributed by atoms with Crippen molar-refractivity contribution in [3.8, 4) is 5.75 Å². The number of amides is 2. The van der Waals surface area contributed by atoms with Gasteiger partial charge < -0.3 is 15.4 Å². The summed E-state index contributed by atoms with van der Waals surface area (Å²) < 4.78 is 7.02. The zero-order chi connectivity index (χ0) is 25.1. The molecule has 0 bridgehead atoms. The smallest absolute Gasteiger partial charge is 0.257 e. The number of methoxy groups -OCH3 is 1. The number of rotatable bonds is 7. The van der Waals surface area contributed by atoms with Crippen molar-refractivity contribution in [3.05, 3.63) is 100 Å². The average Bonchev–Trinajstić information content (AvgIpc) is 3.54. The van der Waals surface area contributed by atoms with E-state index in [4.69, 9.17) is 4.74 Å². The van der Waals surface area contributed by atoms with Crippen LogP contribution in [0.1, 0.15) is 31.3 Å². The van der Waals surface area contributed by atoms with E-state index in [-0.39, 0.29) is 11.8 Å². The number of benzene rings is 2. The monoisotopic (exact) mass is 497 g/mol. The molecule has 0 aliphatic rings. The molecule has 3 heterocycles. The Morgan fingerprint density at radius 1 is 0.972 bits per heavy atom. The molecule has 2 amide bonds. The summed E-state index contributed by atoms with van der Waals surface area (Å²) >= 11 is 1.64. The van der Waals surface area contributed by atoms with Crippen molar-refractivity contribution in [2.45, 2.75) is 13.5 Å². The van der Waals surface area contributed by atoms with Gasteiger partial charge >= 0.3 is 0 Å². The molecule has 5 aromatic rings. The minimum atomic E-state index is -0.348. The number of fused-ring (bicyclic) bond motifs is 1. The second kappa shape index (κ2) is 10.0. The first-order valence-corrected chi connectivity index (χ1v) is 12.1. The van der Waals surface area contributed by atoms with E-state index in [2.05, 4.69) is 20.7 Å². The number of aryl methyl sites for hydroxylation is 1. The van der Waals surface area contributed by atoms with Gasteiger partial charge in [0.25, 0.3) is 11.8 Å². The van der Waals surface area contributed by atoms with Gasteiger partial charge in [0.2, 0.25) is 0 Å². The van der Waals surface area contributed by atoms with Crippen LogP contribution in [-0.4, -0.2) is 33.7 Å². The maximum absolute atomic E-state index is 13.4. The van der Waals surface area contributed by atoms with E-state index in [9.17, 15) is 9.59 Å². The molecule has 9 heteroatoms. The highest BCUT2D eigenvalue weighted by Gasteiger charge is 2.19. The fourth-order valence-electron chi connectivity index (χ4n) is 3.91. The Morgan fingerprint density at radius 2 is 1.81 bits per heavy atom. The molecule has 0 unspecified atom stereocenters. The molecular formula is C27H23N5O3S. The highest BCUT2D eigenvalue weighted by Crippen LogP contribution is 2.24. The van der Waals surface area contributed by atoms with Crippen molar-refractivity contribution in [2.24, 2.45) is 0 Å². The summed E-state index contributed by atoms with van der Waals surface area (Å²) in [5, 5.41) is 12.9. The zero-order valence-electron chi connectivity index (χ0n) is 19.7. The zero-order valence-corrected chi connectivity index (χ0v) is 20.5. The van der Waals surface area contributed by atoms with E-state index in [1.165, 1.54) is 0 Å². The van der Waals surface area contributed by atoms with Crippen LogP contribution in [0, 0.1) is 6.92 Å². The number of pyridine rings is 1. The van der Waals surface area contributed by atoms with Gasteiger partial charge in [0.1, 0.15) is 5.75 Å². The number of nitrogens with one attached hydrogen (secondary N) is 2. The van der Waals surface area contributed by atoms with Crippen LogP contribution in [0.4, 0.5) is 11.4 Å². The molecule has 0 spiro atoms. The molecule has 0 aliphatic heterocycles. The first-order chi connectivity index (χ1) is 17.5. The molecule has 0 saturated heterocycles. The maximum Gasteiger partial charge on any atom is 0.257 e. The van der Waals surface area contributed by atoms with Gasteiger partial charge in [0.15, 0.2) is 5.65 Å². The van der Waals surface area contributed by atoms with Crippen LogP contribution >= 0.6 is 11.3 Å². The third kappa shape index (κ3) is 4.82. The molecule has 3 aromatic heterocycles. The average molecular weight is 498 g/mol. The fourth-order valence-corrected chi connectivity index (χ4v) is 4.59. The van der Waals surface area contributed by atoms with Gasteiger partial charge in [-0.1, -0.05) is 24.3 Å². The van der Waals surface area contributed by atoms with Crippen molar-refractivity contribution >= 4 is 45.6 Å². The number of nitrogens with zero attached hydrogens (tertiary/aromatic N) is 3. The Labute approximate surface area is 211 Å². The largest absolute Gasteiger partial charge is 0.497 e. The standard InChI is InChI=1S/C27H23N5O3S/c1-17-13-22(23-15-28-32(25(23)29-17)16-20-9-6-12-36-20)27(34)31-24-11-4-3-10-21(24)26(33)30-18-7-5-8-19(14-18)35-2/h3-15H,16H2,1-2H3,(H,30,33)(H,31,34). The normalized spacial score (nSPS) is 10.8. The van der Waals surface area contributed by atoms with Crippen LogP contribution in [0.5, 0.6) is 5.75 Å². The van der Waals surface area contributed by atoms with E-state index in [0.29, 0.717) is 51.5 Å². The van der Waals surface area contributed by atoms with Gasteiger partial charge in [-0.05, 0) is 48.7 Å². The van der Waals surface area contributed by atoms with Crippen LogP contribution in [0.25, 0.3) is 11.0 Å². The fraction of sp³-hybridized carbons (Fsp3) is 0.111. The highest BCUT2D eigenvalue weighted by atomic mass is 32.1. The van der Waals surface area contributed by atoms with Crippen LogP contribution < -0.4 is 15.4 Å². The molecule has 5 rings (SSSR count). The van der Waals surface area contributed by atoms with E-state index in [0.717, 1.165) is 4.88 Å². The Bertz CT molecular complexity index is 1560. The summed E-state index contributed by atoms with van der Waals surface area (Å²) in [7, 11) is 1.56. The molecular weight excluding hydrogens is 474 g/mol. The number of carbonyl (C=O) groups excluding carboxylic acids is 2. The predicted molar refractivity (Wildman–Crippen MR) is 141 cm³/mol. The summed E-state index contributed by atoms with van der Waals surface area (Å²) in [5.41, 5.74) is 3.10. The Morgan fingerprint density at radius 3 is 2.61 bits per heavy atom. The molecule has 0 saturated carbocycles. The van der Waals surface area contributed by atoms with Gasteiger partial charge in [-0.3, -0.25) is 9.59 Å². The topological polar surface area (TPSA) is 98.1 Å². The minimum Gasteiger partial charge on any atom is -0.497 e. The Kier molecular flexibility index (Phi) is 6.46. The lowest BCUT2D eigenvalue weighted by molar-refractivity contribution is 0.102. The number of thiophene rings is 1. The van der Waals surface area contributed by atoms with Gasteiger partial charge in [0.05, 0.1) is 42.1 Å². The first-order valence-electron chi connectivity index (χ1n) is 11.2. The lowest BCUT2D eigenvalue weighted by atomic mass is 10.1. The second-order valence-electron chi connectivity index (χ2n) is 8.12. The molecule has 8 nitrogen and oxygen atoms in total. The number of ether oxygens (including phenoxy) is 1. The molecule has 0 aliphatic carbocycles. The minimum absolute atomic E-state index is 0.337. The quantitative estimate of drug-likeness (QED) is 0.315. The van der Waals surface area contributed by atoms with Gasteiger partial charge in [0, 0.05) is 22.3 Å². The number of carbonyl (C=O) groups is 2. The number of hydrogen-bond donors (Lipinski definition) is 2. The van der Waals surface area contributed by atoms with E-state index >= 15 is 0 Å². The van der Waals surface area contributed by atoms with E-state index in [1.54, 1.807) is 83.9 Å². The van der Waals surface area contributed by atoms with E-state index < -0.39 is 0 Å². The number of hydrogen-bond acceptors (Lipinski definition) is 6. The highest BCUT2D eigenvalue weighted by molar-refractivity contribution is 7.09. The third-order valence-corrected chi connectivity index (χ3v) is 6.48. The van der Waals surface area contributed by atoms with Crippen molar-refractivity contribution < 1.29 is 14.3 Å². The van der Waals surface area contributed by atoms with Crippen molar-refractivity contribution in [3.63, 3.8) is 0 Å². The molecule has 0 fully saturated rings. The number of para-hydroxylation sites is 1. The van der Waals surface area contributed by atoms with Gasteiger partial charge in [-0.15, -0.1) is 11.3 Å². The van der Waals surface area contributed by atoms with Crippen molar-refractivity contribution in [2.75, 3.05) is 17.7 Å². The first kappa shape index (κ1) is 23.3. The summed E-state index contributed by atoms with van der Waals surface area (Å²) in [4.78, 5) is 32.2. The molecule has 36 heavy (non-hydrogen) atoms. The summed E-state index contributed by atoms with van der Waals surface area (Å²) in [5.74, 6) is -0.0622. The van der Waals surface area contributed by atoms with Crippen molar-refractivity contribution in [1.82, 2.24) is 14.8 Å². The van der Waals surface area contributed by atoms with Crippen LogP contribution in [0.2, 0.25) is 0 Å². The number of aromatic nitrogens is 3. The molecule has 0 radical (unpaired) electrons. The van der Waals surface area contributed by atoms with Crippen LogP contribution in [-0.2, 0) is 6.54 Å². The lowest BCUT2D eigenvalue weighted by Gasteiger charge is -2.13. The third-order valence-electron chi connectivity index (χ3n) is 5.62. The van der Waals surface area contributed by atoms with Gasteiger partial charge in [-0.2, -0.15) is 5.10 Å². The summed E-state index contributed by atoms with van der Waals surface area (Å²) in [6, 6.07) is 19.7. The van der Waals surface area contributed by atoms with Gasteiger partial charge in [-0.25, -0.2) is 9.67 Å². The maximum atomic E-state index is 13.4. The molecule has 180 valence electrons. The van der Waals surface area contributed by atoms with Crippen LogP contribution in [0.3, 0.4) is 0 Å². The predicted octanol–water partition coefficient (Wildman–Crippen LogP) is 5.36. The van der Waals surface area contributed by atoms with E-state index in [1.807, 2.05) is 24.4 Å². The van der Waals surface area contributed by atoms with Crippen molar-refractivity contribution in [1.29, 1.82) is 0 Å². The Hall–Kier alpha value is -4.50. The molecule has 2 N–H and O–H groups in total. The summed E-state index contributed by atoms with van der Waals surface area (Å²) in [6.45, 7) is 2.42. The second-order valence-corrected chi connectivity index (χ2v) is 9.15. The van der Waals surface area contributed by atoms with Crippen LogP contribution in [0.15, 0.2) is 78.3 Å². The number of anilines is 2. The SMILES string of the molecule is COc1cccc(NC(=O)c2ccccc2NC(=O)c2cc(C)nc3c2cnn3Cc2cccs2)c1.